The lowest BCUT2D eigenvalue weighted by Crippen LogP contribution is -2.11. The number of hydrogen-bond donors (Lipinski definition) is 2. The van der Waals surface area contributed by atoms with Crippen LogP contribution in [0.3, 0.4) is 0 Å². The summed E-state index contributed by atoms with van der Waals surface area (Å²) < 4.78 is 0. The minimum Gasteiger partial charge on any atom is -0.505 e. The molecule has 0 saturated heterocycles. The second-order valence-corrected chi connectivity index (χ2v) is 4.38. The van der Waals surface area contributed by atoms with Crippen LogP contribution in [0.5, 0.6) is 5.75 Å². The van der Waals surface area contributed by atoms with Crippen molar-refractivity contribution in [3.63, 3.8) is 0 Å². The number of rotatable bonds is 3. The highest BCUT2D eigenvalue weighted by molar-refractivity contribution is 9.09. The molecule has 0 heterocycles. The molecule has 0 fully saturated rings. The minimum atomic E-state index is -0.183. The van der Waals surface area contributed by atoms with Gasteiger partial charge in [-0.15, -0.1) is 0 Å². The van der Waals surface area contributed by atoms with Gasteiger partial charge in [0.1, 0.15) is 0 Å². The molecular weight excluding hydrogens is 305 g/mol. The summed E-state index contributed by atoms with van der Waals surface area (Å²) in [5.74, 6) is -0.332. The van der Waals surface area contributed by atoms with E-state index in [1.165, 1.54) is 12.1 Å². The van der Waals surface area contributed by atoms with Crippen LogP contribution in [0.4, 0.5) is 5.69 Å². The molecule has 0 atom stereocenters. The predicted molar refractivity (Wildman–Crippen MR) is 65.2 cm³/mol. The molecule has 1 aromatic rings. The Morgan fingerprint density at radius 1 is 1.40 bits per heavy atom. The lowest BCUT2D eigenvalue weighted by Gasteiger charge is -2.06. The average Bonchev–Trinajstić information content (AvgIpc) is 2.14. The first-order valence-corrected chi connectivity index (χ1v) is 5.96. The second kappa shape index (κ2) is 5.58. The van der Waals surface area contributed by atoms with Gasteiger partial charge in [-0.25, -0.2) is 0 Å². The van der Waals surface area contributed by atoms with Crippen molar-refractivity contribution in [1.82, 2.24) is 0 Å². The molecule has 0 aliphatic heterocycles. The highest BCUT2D eigenvalue weighted by Crippen LogP contribution is 2.34. The van der Waals surface area contributed by atoms with Crippen molar-refractivity contribution in [1.29, 1.82) is 0 Å². The molecule has 0 aliphatic rings. The average molecular weight is 313 g/mol. The van der Waals surface area contributed by atoms with E-state index in [9.17, 15) is 9.90 Å². The number of aromatic hydroxyl groups is 1. The Bertz CT molecular complexity index is 361. The lowest BCUT2D eigenvalue weighted by molar-refractivity contribution is -0.115. The standard InChI is InChI=1S/C9H8BrCl2NO2/c10-2-1-8(14)13-5-3-6(11)9(15)7(12)4-5/h3-4,15H,1-2H2,(H,13,14). The van der Waals surface area contributed by atoms with Crippen molar-refractivity contribution < 1.29 is 9.90 Å². The zero-order valence-electron chi connectivity index (χ0n) is 7.56. The van der Waals surface area contributed by atoms with Gasteiger partial charge in [-0.2, -0.15) is 0 Å². The van der Waals surface area contributed by atoms with Gasteiger partial charge in [0.05, 0.1) is 10.0 Å². The quantitative estimate of drug-likeness (QED) is 0.663. The normalized spacial score (nSPS) is 10.1. The maximum Gasteiger partial charge on any atom is 0.225 e. The van der Waals surface area contributed by atoms with E-state index in [4.69, 9.17) is 23.2 Å². The third-order valence-electron chi connectivity index (χ3n) is 1.62. The van der Waals surface area contributed by atoms with Crippen molar-refractivity contribution in [2.45, 2.75) is 6.42 Å². The molecule has 0 aromatic heterocycles. The molecule has 0 radical (unpaired) electrons. The van der Waals surface area contributed by atoms with Gasteiger partial charge in [0, 0.05) is 17.4 Å². The number of benzene rings is 1. The van der Waals surface area contributed by atoms with E-state index in [0.717, 1.165) is 0 Å². The first-order valence-electron chi connectivity index (χ1n) is 4.08. The van der Waals surface area contributed by atoms with E-state index in [0.29, 0.717) is 17.4 Å². The van der Waals surface area contributed by atoms with Gasteiger partial charge >= 0.3 is 0 Å². The van der Waals surface area contributed by atoms with Crippen molar-refractivity contribution >= 4 is 50.7 Å². The third kappa shape index (κ3) is 3.55. The summed E-state index contributed by atoms with van der Waals surface area (Å²) in [4.78, 5) is 11.2. The predicted octanol–water partition coefficient (Wildman–Crippen LogP) is 3.42. The molecule has 15 heavy (non-hydrogen) atoms. The van der Waals surface area contributed by atoms with Crippen molar-refractivity contribution in [2.24, 2.45) is 0 Å². The number of alkyl halides is 1. The molecule has 3 nitrogen and oxygen atoms in total. The van der Waals surface area contributed by atoms with Crippen LogP contribution in [0.25, 0.3) is 0 Å². The van der Waals surface area contributed by atoms with E-state index in [1.54, 1.807) is 0 Å². The van der Waals surface area contributed by atoms with Crippen molar-refractivity contribution in [2.75, 3.05) is 10.6 Å². The monoisotopic (exact) mass is 311 g/mol. The molecule has 0 spiro atoms. The minimum absolute atomic E-state index is 0.108. The van der Waals surface area contributed by atoms with Crippen molar-refractivity contribution in [3.8, 4) is 5.75 Å². The summed E-state index contributed by atoms with van der Waals surface area (Å²) in [7, 11) is 0. The Kier molecular flexibility index (Phi) is 4.70. The number of carbonyl (C=O) groups excluding carboxylic acids is 1. The topological polar surface area (TPSA) is 49.3 Å². The Labute approximate surface area is 106 Å². The first kappa shape index (κ1) is 12.6. The molecule has 2 N–H and O–H groups in total. The van der Waals surface area contributed by atoms with E-state index < -0.39 is 0 Å². The van der Waals surface area contributed by atoms with Crippen LogP contribution in [0.2, 0.25) is 10.0 Å². The summed E-state index contributed by atoms with van der Waals surface area (Å²) in [6.07, 6.45) is 0.357. The largest absolute Gasteiger partial charge is 0.505 e. The molecule has 1 rings (SSSR count). The molecule has 0 aliphatic carbocycles. The summed E-state index contributed by atoms with van der Waals surface area (Å²) >= 11 is 14.5. The first-order chi connectivity index (χ1) is 7.04. The Balaban J connectivity index is 2.83. The molecular formula is C9H8BrCl2NO2. The fraction of sp³-hybridized carbons (Fsp3) is 0.222. The van der Waals surface area contributed by atoms with Gasteiger partial charge in [0.25, 0.3) is 0 Å². The summed E-state index contributed by atoms with van der Waals surface area (Å²) in [6, 6.07) is 2.88. The molecule has 0 bridgehead atoms. The number of hydrogen-bond acceptors (Lipinski definition) is 2. The van der Waals surface area contributed by atoms with Gasteiger partial charge in [0.15, 0.2) is 5.75 Å². The Hall–Kier alpha value is -0.450. The second-order valence-electron chi connectivity index (χ2n) is 2.78. The number of phenolic OH excluding ortho intramolecular Hbond substituents is 1. The third-order valence-corrected chi connectivity index (χ3v) is 2.59. The Morgan fingerprint density at radius 3 is 2.40 bits per heavy atom. The zero-order valence-corrected chi connectivity index (χ0v) is 10.7. The van der Waals surface area contributed by atoms with Crippen LogP contribution in [0.1, 0.15) is 6.42 Å². The maximum absolute atomic E-state index is 11.2. The number of nitrogens with one attached hydrogen (secondary N) is 1. The highest BCUT2D eigenvalue weighted by Gasteiger charge is 2.08. The fourth-order valence-electron chi connectivity index (χ4n) is 0.947. The number of amides is 1. The molecule has 0 saturated carbocycles. The number of anilines is 1. The highest BCUT2D eigenvalue weighted by atomic mass is 79.9. The summed E-state index contributed by atoms with van der Waals surface area (Å²) in [5.41, 5.74) is 0.466. The van der Waals surface area contributed by atoms with E-state index in [2.05, 4.69) is 21.2 Å². The van der Waals surface area contributed by atoms with Gasteiger partial charge in [-0.1, -0.05) is 39.1 Å². The van der Waals surface area contributed by atoms with Crippen LogP contribution in [-0.4, -0.2) is 16.3 Å². The van der Waals surface area contributed by atoms with Gasteiger partial charge in [-0.3, -0.25) is 4.79 Å². The molecule has 1 aromatic carbocycles. The van der Waals surface area contributed by atoms with Crippen molar-refractivity contribution in [3.05, 3.63) is 22.2 Å². The molecule has 6 heteroatoms. The smallest absolute Gasteiger partial charge is 0.225 e. The van der Waals surface area contributed by atoms with Crippen LogP contribution >= 0.6 is 39.1 Å². The van der Waals surface area contributed by atoms with Gasteiger partial charge in [0.2, 0.25) is 5.91 Å². The number of phenols is 1. The summed E-state index contributed by atoms with van der Waals surface area (Å²) in [5, 5.41) is 12.7. The number of halogens is 3. The molecule has 0 unspecified atom stereocenters. The van der Waals surface area contributed by atoms with E-state index in [-0.39, 0.29) is 21.7 Å². The maximum atomic E-state index is 11.2. The lowest BCUT2D eigenvalue weighted by atomic mass is 10.3. The van der Waals surface area contributed by atoms with Gasteiger partial charge < -0.3 is 10.4 Å². The van der Waals surface area contributed by atoms with E-state index in [1.807, 2.05) is 0 Å². The Morgan fingerprint density at radius 2 is 1.93 bits per heavy atom. The fourth-order valence-corrected chi connectivity index (χ4v) is 1.79. The zero-order chi connectivity index (χ0) is 11.4. The molecule has 82 valence electrons. The van der Waals surface area contributed by atoms with Gasteiger partial charge in [-0.05, 0) is 12.1 Å². The molecule has 1 amide bonds. The summed E-state index contributed by atoms with van der Waals surface area (Å²) in [6.45, 7) is 0. The SMILES string of the molecule is O=C(CCBr)Nc1cc(Cl)c(O)c(Cl)c1. The van der Waals surface area contributed by atoms with Crippen LogP contribution in [0, 0.1) is 0 Å². The van der Waals surface area contributed by atoms with Crippen LogP contribution in [0.15, 0.2) is 12.1 Å². The van der Waals surface area contributed by atoms with Crippen LogP contribution in [-0.2, 0) is 4.79 Å². The van der Waals surface area contributed by atoms with Crippen LogP contribution < -0.4 is 5.32 Å². The number of carbonyl (C=O) groups is 1. The van der Waals surface area contributed by atoms with E-state index >= 15 is 0 Å².